The second kappa shape index (κ2) is 7.47. The highest BCUT2D eigenvalue weighted by Crippen LogP contribution is 2.36. The lowest BCUT2D eigenvalue weighted by atomic mass is 10.2. The number of hydrogen-bond donors (Lipinski definition) is 1. The van der Waals surface area contributed by atoms with Crippen LogP contribution < -0.4 is 19.6 Å². The fourth-order valence-corrected chi connectivity index (χ4v) is 2.47. The summed E-state index contributed by atoms with van der Waals surface area (Å²) in [6.07, 6.45) is 1.44. The van der Waals surface area contributed by atoms with Crippen LogP contribution in [0.5, 0.6) is 17.2 Å². The number of carbonyl (C=O) groups is 1. The predicted octanol–water partition coefficient (Wildman–Crippen LogP) is 3.54. The Morgan fingerprint density at radius 2 is 1.92 bits per heavy atom. The van der Waals surface area contributed by atoms with Crippen LogP contribution in [0.15, 0.2) is 46.0 Å². The Morgan fingerprint density at radius 3 is 2.60 bits per heavy atom. The van der Waals surface area contributed by atoms with E-state index in [1.54, 1.807) is 12.1 Å². The third-order valence-corrected chi connectivity index (χ3v) is 3.89. The molecule has 0 saturated heterocycles. The fraction of sp³-hybridized carbons (Fsp3) is 0.125. The van der Waals surface area contributed by atoms with Gasteiger partial charge < -0.3 is 14.2 Å². The molecule has 0 aromatic heterocycles. The lowest BCUT2D eigenvalue weighted by Gasteiger charge is -2.05. The van der Waals surface area contributed by atoms with E-state index in [-0.39, 0.29) is 18.1 Å². The number of amides is 1. The number of nitrogens with zero attached hydrogens (tertiary/aromatic N) is 1. The lowest BCUT2D eigenvalue weighted by Crippen LogP contribution is -2.17. The normalized spacial score (nSPS) is 12.6. The SMILES string of the molecule is O=C(N/N=C\c1cc2c(cc1Br)OCO2)c1ccc(OC(F)F)cc1. The van der Waals surface area contributed by atoms with Crippen molar-refractivity contribution in [2.24, 2.45) is 5.10 Å². The quantitative estimate of drug-likeness (QED) is 0.602. The Balaban J connectivity index is 1.63. The van der Waals surface area contributed by atoms with Gasteiger partial charge in [-0.25, -0.2) is 5.43 Å². The number of fused-ring (bicyclic) bond motifs is 1. The van der Waals surface area contributed by atoms with Gasteiger partial charge in [-0.2, -0.15) is 13.9 Å². The van der Waals surface area contributed by atoms with E-state index in [4.69, 9.17) is 9.47 Å². The number of hydrazone groups is 1. The molecule has 2 aromatic rings. The molecule has 0 unspecified atom stereocenters. The van der Waals surface area contributed by atoms with Gasteiger partial charge in [0.1, 0.15) is 5.75 Å². The van der Waals surface area contributed by atoms with Crippen LogP contribution in [-0.2, 0) is 0 Å². The average Bonchev–Trinajstić information content (AvgIpc) is 3.02. The molecule has 1 heterocycles. The van der Waals surface area contributed by atoms with Crippen LogP contribution in [0.2, 0.25) is 0 Å². The molecule has 6 nitrogen and oxygen atoms in total. The van der Waals surface area contributed by atoms with Gasteiger partial charge in [-0.05, 0) is 52.3 Å². The number of carbonyl (C=O) groups excluding carboxylic acids is 1. The van der Waals surface area contributed by atoms with E-state index in [2.05, 4.69) is 31.2 Å². The van der Waals surface area contributed by atoms with Crippen molar-refractivity contribution in [1.29, 1.82) is 0 Å². The van der Waals surface area contributed by atoms with Crippen LogP contribution in [0, 0.1) is 0 Å². The molecule has 25 heavy (non-hydrogen) atoms. The minimum Gasteiger partial charge on any atom is -0.454 e. The minimum absolute atomic E-state index is 0.0284. The molecule has 1 aliphatic rings. The predicted molar refractivity (Wildman–Crippen MR) is 88.4 cm³/mol. The molecule has 1 N–H and O–H groups in total. The van der Waals surface area contributed by atoms with Gasteiger partial charge in [-0.1, -0.05) is 0 Å². The van der Waals surface area contributed by atoms with Crippen LogP contribution in [-0.4, -0.2) is 25.5 Å². The maximum atomic E-state index is 12.1. The van der Waals surface area contributed by atoms with Crippen molar-refractivity contribution in [2.45, 2.75) is 6.61 Å². The molecule has 9 heteroatoms. The largest absolute Gasteiger partial charge is 0.454 e. The molecule has 1 amide bonds. The second-order valence-corrected chi connectivity index (χ2v) is 5.68. The third-order valence-electron chi connectivity index (χ3n) is 3.20. The highest BCUT2D eigenvalue weighted by Gasteiger charge is 2.15. The molecule has 130 valence electrons. The van der Waals surface area contributed by atoms with Crippen LogP contribution in [0.4, 0.5) is 8.78 Å². The lowest BCUT2D eigenvalue weighted by molar-refractivity contribution is -0.0498. The zero-order valence-electron chi connectivity index (χ0n) is 12.5. The minimum atomic E-state index is -2.91. The van der Waals surface area contributed by atoms with Crippen molar-refractivity contribution in [2.75, 3.05) is 6.79 Å². The van der Waals surface area contributed by atoms with Gasteiger partial charge >= 0.3 is 6.61 Å². The Morgan fingerprint density at radius 1 is 1.24 bits per heavy atom. The fourth-order valence-electron chi connectivity index (χ4n) is 2.04. The summed E-state index contributed by atoms with van der Waals surface area (Å²) in [6, 6.07) is 8.74. The van der Waals surface area contributed by atoms with E-state index >= 15 is 0 Å². The number of hydrogen-bond acceptors (Lipinski definition) is 5. The molecule has 3 rings (SSSR count). The third kappa shape index (κ3) is 4.24. The average molecular weight is 413 g/mol. The first-order valence-corrected chi connectivity index (χ1v) is 7.79. The van der Waals surface area contributed by atoms with Gasteiger partial charge in [-0.15, -0.1) is 0 Å². The number of nitrogens with one attached hydrogen (secondary N) is 1. The Hall–Kier alpha value is -2.68. The van der Waals surface area contributed by atoms with Crippen molar-refractivity contribution in [3.8, 4) is 17.2 Å². The van der Waals surface area contributed by atoms with Gasteiger partial charge in [0.2, 0.25) is 6.79 Å². The first-order chi connectivity index (χ1) is 12.0. The number of ether oxygens (including phenoxy) is 3. The number of benzene rings is 2. The van der Waals surface area contributed by atoms with Gasteiger partial charge in [0.05, 0.1) is 6.21 Å². The molecule has 0 atom stereocenters. The molecule has 0 radical (unpaired) electrons. The van der Waals surface area contributed by atoms with Crippen molar-refractivity contribution in [1.82, 2.24) is 5.43 Å². The van der Waals surface area contributed by atoms with Crippen LogP contribution in [0.1, 0.15) is 15.9 Å². The summed E-state index contributed by atoms with van der Waals surface area (Å²) in [4.78, 5) is 12.0. The molecule has 2 aromatic carbocycles. The first-order valence-electron chi connectivity index (χ1n) is 7.00. The summed E-state index contributed by atoms with van der Waals surface area (Å²) in [5.41, 5.74) is 3.29. The zero-order valence-corrected chi connectivity index (χ0v) is 14.1. The van der Waals surface area contributed by atoms with Crippen molar-refractivity contribution in [3.05, 3.63) is 52.0 Å². The van der Waals surface area contributed by atoms with Crippen LogP contribution in [0.3, 0.4) is 0 Å². The number of alkyl halides is 2. The van der Waals surface area contributed by atoms with Gasteiger partial charge in [0, 0.05) is 15.6 Å². The molecule has 0 aliphatic carbocycles. The molecule has 0 fully saturated rings. The molecule has 0 spiro atoms. The van der Waals surface area contributed by atoms with E-state index in [1.807, 2.05) is 0 Å². The Bertz CT molecular complexity index is 813. The Labute approximate surface area is 149 Å². The van der Waals surface area contributed by atoms with Crippen molar-refractivity contribution in [3.63, 3.8) is 0 Å². The van der Waals surface area contributed by atoms with Crippen molar-refractivity contribution >= 4 is 28.1 Å². The van der Waals surface area contributed by atoms with E-state index in [0.29, 0.717) is 17.1 Å². The molecule has 0 saturated carbocycles. The van der Waals surface area contributed by atoms with E-state index in [0.717, 1.165) is 4.47 Å². The van der Waals surface area contributed by atoms with Gasteiger partial charge in [0.15, 0.2) is 11.5 Å². The second-order valence-electron chi connectivity index (χ2n) is 4.83. The smallest absolute Gasteiger partial charge is 0.387 e. The molecule has 1 aliphatic heterocycles. The first kappa shape index (κ1) is 17.2. The highest BCUT2D eigenvalue weighted by atomic mass is 79.9. The van der Waals surface area contributed by atoms with Gasteiger partial charge in [-0.3, -0.25) is 4.79 Å². The number of halogens is 3. The molecule has 0 bridgehead atoms. The summed E-state index contributed by atoms with van der Waals surface area (Å²) >= 11 is 3.37. The topological polar surface area (TPSA) is 69.2 Å². The Kier molecular flexibility index (Phi) is 5.13. The summed E-state index contributed by atoms with van der Waals surface area (Å²) in [6.45, 7) is -2.76. The van der Waals surface area contributed by atoms with Crippen molar-refractivity contribution < 1.29 is 27.8 Å². The van der Waals surface area contributed by atoms with Crippen LogP contribution in [0.25, 0.3) is 0 Å². The maximum Gasteiger partial charge on any atom is 0.387 e. The van der Waals surface area contributed by atoms with Gasteiger partial charge in [0.25, 0.3) is 5.91 Å². The summed E-state index contributed by atoms with van der Waals surface area (Å²) in [5, 5.41) is 3.87. The monoisotopic (exact) mass is 412 g/mol. The maximum absolute atomic E-state index is 12.1. The standard InChI is InChI=1S/C16H11BrF2N2O4/c17-12-6-14-13(23-8-24-14)5-10(12)7-20-21-15(22)9-1-3-11(4-2-9)25-16(18)19/h1-7,16H,8H2,(H,21,22)/b20-7-. The van der Waals surface area contributed by atoms with E-state index in [9.17, 15) is 13.6 Å². The van der Waals surface area contributed by atoms with E-state index < -0.39 is 12.5 Å². The van der Waals surface area contributed by atoms with E-state index in [1.165, 1.54) is 30.5 Å². The summed E-state index contributed by atoms with van der Waals surface area (Å²) in [7, 11) is 0. The molecular formula is C16H11BrF2N2O4. The zero-order chi connectivity index (χ0) is 17.8. The molecular weight excluding hydrogens is 402 g/mol. The summed E-state index contributed by atoms with van der Waals surface area (Å²) < 4.78 is 39.6. The number of rotatable bonds is 5. The van der Waals surface area contributed by atoms with Crippen LogP contribution >= 0.6 is 15.9 Å². The summed E-state index contributed by atoms with van der Waals surface area (Å²) in [5.74, 6) is 0.695. The highest BCUT2D eigenvalue weighted by molar-refractivity contribution is 9.10.